The number of nitrogens with two attached hydrogens (primary N) is 1. The Morgan fingerprint density at radius 3 is 1.97 bits per heavy atom. The molecule has 0 aliphatic carbocycles. The van der Waals surface area contributed by atoms with Crippen LogP contribution in [-0.4, -0.2) is 45.1 Å². The van der Waals surface area contributed by atoms with E-state index in [0.29, 0.717) is 39.5 Å². The SMILES string of the molecule is COc1cc(C(=O)c2ccc3c(C(N)=O)c(OC)ccc3n2)cc(OC)c1OC. The van der Waals surface area contributed by atoms with Gasteiger partial charge >= 0.3 is 0 Å². The van der Waals surface area contributed by atoms with Crippen LogP contribution in [0.25, 0.3) is 10.9 Å². The fraction of sp³-hybridized carbons (Fsp3) is 0.190. The van der Waals surface area contributed by atoms with E-state index >= 15 is 0 Å². The Morgan fingerprint density at radius 1 is 0.828 bits per heavy atom. The number of ketones is 1. The normalized spacial score (nSPS) is 10.5. The Kier molecular flexibility index (Phi) is 5.54. The third kappa shape index (κ3) is 3.52. The number of nitrogens with zero attached hydrogens (tertiary/aromatic N) is 1. The largest absolute Gasteiger partial charge is 0.496 e. The maximum absolute atomic E-state index is 13.0. The van der Waals surface area contributed by atoms with Crippen LogP contribution in [0, 0.1) is 0 Å². The summed E-state index contributed by atoms with van der Waals surface area (Å²) in [7, 11) is 5.87. The number of hydrogen-bond acceptors (Lipinski definition) is 7. The molecule has 150 valence electrons. The highest BCUT2D eigenvalue weighted by molar-refractivity contribution is 6.11. The average molecular weight is 396 g/mol. The number of carbonyl (C=O) groups is 2. The van der Waals surface area contributed by atoms with E-state index in [0.717, 1.165) is 0 Å². The van der Waals surface area contributed by atoms with Crippen LogP contribution < -0.4 is 24.7 Å². The second kappa shape index (κ2) is 8.05. The molecular weight excluding hydrogens is 376 g/mol. The van der Waals surface area contributed by atoms with Crippen LogP contribution in [0.2, 0.25) is 0 Å². The van der Waals surface area contributed by atoms with Gasteiger partial charge in [-0.25, -0.2) is 4.98 Å². The predicted octanol–water partition coefficient (Wildman–Crippen LogP) is 2.60. The van der Waals surface area contributed by atoms with Crippen molar-refractivity contribution < 1.29 is 28.5 Å². The van der Waals surface area contributed by atoms with Crippen molar-refractivity contribution in [3.05, 3.63) is 53.2 Å². The summed E-state index contributed by atoms with van der Waals surface area (Å²) in [6.45, 7) is 0. The Bertz CT molecular complexity index is 1080. The number of ether oxygens (including phenoxy) is 4. The van der Waals surface area contributed by atoms with Crippen molar-refractivity contribution in [2.45, 2.75) is 0 Å². The molecule has 1 amide bonds. The zero-order valence-corrected chi connectivity index (χ0v) is 16.4. The number of hydrogen-bond donors (Lipinski definition) is 1. The molecule has 0 spiro atoms. The van der Waals surface area contributed by atoms with Gasteiger partial charge in [0.2, 0.25) is 11.5 Å². The van der Waals surface area contributed by atoms with Crippen molar-refractivity contribution in [1.82, 2.24) is 4.98 Å². The van der Waals surface area contributed by atoms with Crippen LogP contribution in [-0.2, 0) is 0 Å². The molecule has 2 aromatic carbocycles. The molecule has 0 fully saturated rings. The number of rotatable bonds is 7. The van der Waals surface area contributed by atoms with Gasteiger partial charge < -0.3 is 24.7 Å². The predicted molar refractivity (Wildman–Crippen MR) is 106 cm³/mol. The van der Waals surface area contributed by atoms with Gasteiger partial charge in [0.15, 0.2) is 11.5 Å². The number of benzene rings is 2. The summed E-state index contributed by atoms with van der Waals surface area (Å²) in [5, 5.41) is 0.498. The zero-order chi connectivity index (χ0) is 21.1. The number of carbonyl (C=O) groups excluding carboxylic acids is 2. The lowest BCUT2D eigenvalue weighted by Gasteiger charge is -2.14. The molecule has 3 rings (SSSR count). The summed E-state index contributed by atoms with van der Waals surface area (Å²) < 4.78 is 21.1. The molecule has 0 atom stereocenters. The van der Waals surface area contributed by atoms with E-state index in [-0.39, 0.29) is 17.0 Å². The standard InChI is InChI=1S/C21H20N2O6/c1-26-15-8-7-13-12(18(15)21(22)25)5-6-14(23-13)19(24)11-9-16(27-2)20(29-4)17(10-11)28-3/h5-10H,1-4H3,(H2,22,25). The lowest BCUT2D eigenvalue weighted by Crippen LogP contribution is -2.14. The van der Waals surface area contributed by atoms with Gasteiger partial charge in [-0.2, -0.15) is 0 Å². The lowest BCUT2D eigenvalue weighted by molar-refractivity contribution is 0.0997. The molecule has 0 unspecified atom stereocenters. The van der Waals surface area contributed by atoms with Crippen LogP contribution in [0.1, 0.15) is 26.4 Å². The topological polar surface area (TPSA) is 110 Å². The van der Waals surface area contributed by atoms with Crippen molar-refractivity contribution in [3.8, 4) is 23.0 Å². The van der Waals surface area contributed by atoms with E-state index in [1.807, 2.05) is 0 Å². The number of primary amides is 1. The van der Waals surface area contributed by atoms with Crippen LogP contribution >= 0.6 is 0 Å². The summed E-state index contributed by atoms with van der Waals surface area (Å²) in [6, 6.07) is 9.50. The number of amides is 1. The van der Waals surface area contributed by atoms with Crippen molar-refractivity contribution in [2.24, 2.45) is 5.73 Å². The molecule has 8 heteroatoms. The first kappa shape index (κ1) is 19.9. The molecule has 3 aromatic rings. The van der Waals surface area contributed by atoms with E-state index in [1.54, 1.807) is 30.3 Å². The molecule has 8 nitrogen and oxygen atoms in total. The van der Waals surface area contributed by atoms with Gasteiger partial charge in [-0.1, -0.05) is 0 Å². The van der Waals surface area contributed by atoms with Crippen molar-refractivity contribution in [3.63, 3.8) is 0 Å². The quantitative estimate of drug-likeness (QED) is 0.611. The molecule has 1 aromatic heterocycles. The minimum absolute atomic E-state index is 0.187. The maximum atomic E-state index is 13.0. The van der Waals surface area contributed by atoms with E-state index in [1.165, 1.54) is 34.5 Å². The van der Waals surface area contributed by atoms with Gasteiger partial charge in [0.1, 0.15) is 11.4 Å². The van der Waals surface area contributed by atoms with Gasteiger partial charge in [0, 0.05) is 10.9 Å². The Balaban J connectivity index is 2.12. The molecule has 0 saturated carbocycles. The molecule has 1 heterocycles. The Labute approximate surface area is 167 Å². The van der Waals surface area contributed by atoms with Crippen molar-refractivity contribution in [2.75, 3.05) is 28.4 Å². The fourth-order valence-electron chi connectivity index (χ4n) is 3.09. The number of methoxy groups -OCH3 is 4. The molecule has 0 aliphatic heterocycles. The monoisotopic (exact) mass is 396 g/mol. The maximum Gasteiger partial charge on any atom is 0.253 e. The highest BCUT2D eigenvalue weighted by atomic mass is 16.5. The minimum atomic E-state index is -0.641. The minimum Gasteiger partial charge on any atom is -0.496 e. The summed E-state index contributed by atoms with van der Waals surface area (Å²) in [5.41, 5.74) is 6.64. The molecule has 0 bridgehead atoms. The number of pyridine rings is 1. The van der Waals surface area contributed by atoms with Gasteiger partial charge in [0.25, 0.3) is 5.91 Å². The average Bonchev–Trinajstić information content (AvgIpc) is 2.75. The van der Waals surface area contributed by atoms with Gasteiger partial charge in [-0.05, 0) is 36.4 Å². The zero-order valence-electron chi connectivity index (χ0n) is 16.4. The molecule has 29 heavy (non-hydrogen) atoms. The van der Waals surface area contributed by atoms with Gasteiger partial charge in [0.05, 0.1) is 39.5 Å². The third-order valence-electron chi connectivity index (χ3n) is 4.46. The Morgan fingerprint density at radius 2 is 1.45 bits per heavy atom. The highest BCUT2D eigenvalue weighted by Gasteiger charge is 2.20. The fourth-order valence-corrected chi connectivity index (χ4v) is 3.09. The number of aromatic nitrogens is 1. The van der Waals surface area contributed by atoms with Crippen LogP contribution in [0.4, 0.5) is 0 Å². The molecule has 0 saturated heterocycles. The first-order valence-corrected chi connectivity index (χ1v) is 8.57. The summed E-state index contributed by atoms with van der Waals surface area (Å²) >= 11 is 0. The smallest absolute Gasteiger partial charge is 0.253 e. The third-order valence-corrected chi connectivity index (χ3v) is 4.46. The first-order valence-electron chi connectivity index (χ1n) is 8.57. The molecule has 0 aliphatic rings. The Hall–Kier alpha value is -3.81. The van der Waals surface area contributed by atoms with Crippen LogP contribution in [0.3, 0.4) is 0 Å². The lowest BCUT2D eigenvalue weighted by atomic mass is 10.0. The van der Waals surface area contributed by atoms with Crippen LogP contribution in [0.15, 0.2) is 36.4 Å². The summed E-state index contributed by atoms with van der Waals surface area (Å²) in [4.78, 5) is 29.3. The summed E-state index contributed by atoms with van der Waals surface area (Å²) in [5.74, 6) is 0.459. The molecule has 0 radical (unpaired) electrons. The van der Waals surface area contributed by atoms with E-state index in [4.69, 9.17) is 24.7 Å². The number of fused-ring (bicyclic) bond motifs is 1. The van der Waals surface area contributed by atoms with Gasteiger partial charge in [-0.3, -0.25) is 9.59 Å². The second-order valence-electron chi connectivity index (χ2n) is 6.01. The first-order chi connectivity index (χ1) is 13.9. The van der Waals surface area contributed by atoms with Gasteiger partial charge in [-0.15, -0.1) is 0 Å². The molecular formula is C21H20N2O6. The van der Waals surface area contributed by atoms with Crippen molar-refractivity contribution >= 4 is 22.6 Å². The van der Waals surface area contributed by atoms with Crippen LogP contribution in [0.5, 0.6) is 23.0 Å². The summed E-state index contributed by atoms with van der Waals surface area (Å²) in [6.07, 6.45) is 0. The second-order valence-corrected chi connectivity index (χ2v) is 6.01. The van der Waals surface area contributed by atoms with E-state index < -0.39 is 5.91 Å². The highest BCUT2D eigenvalue weighted by Crippen LogP contribution is 2.38. The van der Waals surface area contributed by atoms with E-state index in [9.17, 15) is 9.59 Å². The molecule has 2 N–H and O–H groups in total. The van der Waals surface area contributed by atoms with E-state index in [2.05, 4.69) is 4.98 Å². The van der Waals surface area contributed by atoms with Crippen molar-refractivity contribution in [1.29, 1.82) is 0 Å².